The molecule has 1 aliphatic rings. The van der Waals surface area contributed by atoms with E-state index in [0.717, 1.165) is 31.5 Å². The predicted molar refractivity (Wildman–Crippen MR) is 115 cm³/mol. The van der Waals surface area contributed by atoms with Gasteiger partial charge in [0.2, 0.25) is 5.89 Å². The van der Waals surface area contributed by atoms with Crippen molar-refractivity contribution in [3.63, 3.8) is 0 Å². The zero-order valence-corrected chi connectivity index (χ0v) is 17.6. The number of rotatable bonds is 5. The number of benzene rings is 2. The highest BCUT2D eigenvalue weighted by molar-refractivity contribution is 6.00. The lowest BCUT2D eigenvalue weighted by Gasteiger charge is -2.30. The van der Waals surface area contributed by atoms with Crippen molar-refractivity contribution in [1.29, 1.82) is 0 Å². The van der Waals surface area contributed by atoms with Crippen molar-refractivity contribution in [3.8, 4) is 34.3 Å². The number of amides is 1. The van der Waals surface area contributed by atoms with E-state index in [0.29, 0.717) is 40.2 Å². The van der Waals surface area contributed by atoms with Gasteiger partial charge in [0.1, 0.15) is 11.5 Å². The van der Waals surface area contributed by atoms with Gasteiger partial charge in [-0.05, 0) is 43.0 Å². The molecule has 1 fully saturated rings. The Labute approximate surface area is 176 Å². The van der Waals surface area contributed by atoms with Crippen LogP contribution >= 0.6 is 0 Å². The Morgan fingerprint density at radius 2 is 1.83 bits per heavy atom. The van der Waals surface area contributed by atoms with Crippen LogP contribution in [-0.2, 0) is 0 Å². The van der Waals surface area contributed by atoms with Gasteiger partial charge in [0.25, 0.3) is 5.91 Å². The highest BCUT2D eigenvalue weighted by Gasteiger charge is 2.25. The molecule has 0 N–H and O–H groups in total. The van der Waals surface area contributed by atoms with Crippen LogP contribution in [-0.4, -0.2) is 43.1 Å². The number of piperidine rings is 1. The maximum absolute atomic E-state index is 13.2. The minimum atomic E-state index is 0.0271. The van der Waals surface area contributed by atoms with Crippen molar-refractivity contribution < 1.29 is 18.7 Å². The molecule has 1 aromatic heterocycles. The highest BCUT2D eigenvalue weighted by Crippen LogP contribution is 2.36. The number of hydrogen-bond donors (Lipinski definition) is 0. The zero-order chi connectivity index (χ0) is 21.1. The summed E-state index contributed by atoms with van der Waals surface area (Å²) in [6.07, 6.45) is 3.73. The lowest BCUT2D eigenvalue weighted by atomic mass is 9.98. The maximum atomic E-state index is 13.2. The molecule has 6 nitrogen and oxygen atoms in total. The number of carbonyl (C=O) groups excluding carboxylic acids is 1. The van der Waals surface area contributed by atoms with Crippen molar-refractivity contribution in [1.82, 2.24) is 9.88 Å². The first-order chi connectivity index (χ1) is 14.6. The van der Waals surface area contributed by atoms with Gasteiger partial charge in [-0.25, -0.2) is 4.98 Å². The number of aromatic nitrogens is 1. The van der Waals surface area contributed by atoms with E-state index in [1.165, 1.54) is 0 Å². The van der Waals surface area contributed by atoms with E-state index in [1.54, 1.807) is 26.5 Å². The first kappa shape index (κ1) is 20.0. The largest absolute Gasteiger partial charge is 0.497 e. The number of oxazole rings is 1. The normalized spacial score (nSPS) is 14.6. The first-order valence-electron chi connectivity index (χ1n) is 10.2. The van der Waals surface area contributed by atoms with Gasteiger partial charge in [-0.15, -0.1) is 0 Å². The number of nitrogens with zero attached hydrogens (tertiary/aromatic N) is 2. The Bertz CT molecular complexity index is 1040. The molecular formula is C24H26N2O4. The lowest BCUT2D eigenvalue weighted by molar-refractivity contribution is 0.0697. The third-order valence-corrected chi connectivity index (χ3v) is 5.64. The fraction of sp³-hybridized carbons (Fsp3) is 0.333. The van der Waals surface area contributed by atoms with E-state index < -0.39 is 0 Å². The van der Waals surface area contributed by atoms with Crippen LogP contribution in [0.3, 0.4) is 0 Å². The Morgan fingerprint density at radius 1 is 1.07 bits per heavy atom. The van der Waals surface area contributed by atoms with Crippen molar-refractivity contribution in [2.75, 3.05) is 27.3 Å². The molecule has 0 saturated carbocycles. The Kier molecular flexibility index (Phi) is 5.74. The minimum Gasteiger partial charge on any atom is -0.497 e. The van der Waals surface area contributed by atoms with E-state index in [2.05, 4.69) is 11.9 Å². The minimum absolute atomic E-state index is 0.0271. The quantitative estimate of drug-likeness (QED) is 0.603. The van der Waals surface area contributed by atoms with E-state index in [-0.39, 0.29) is 5.91 Å². The third kappa shape index (κ3) is 3.90. The molecule has 1 saturated heterocycles. The fourth-order valence-electron chi connectivity index (χ4n) is 3.76. The van der Waals surface area contributed by atoms with Crippen molar-refractivity contribution in [2.45, 2.75) is 19.8 Å². The second-order valence-corrected chi connectivity index (χ2v) is 7.62. The third-order valence-electron chi connectivity index (χ3n) is 5.64. The van der Waals surface area contributed by atoms with Crippen molar-refractivity contribution >= 4 is 5.91 Å². The van der Waals surface area contributed by atoms with Crippen LogP contribution in [0.1, 0.15) is 30.1 Å². The average molecular weight is 406 g/mol. The van der Waals surface area contributed by atoms with Crippen LogP contribution in [0.25, 0.3) is 22.8 Å². The van der Waals surface area contributed by atoms with E-state index in [9.17, 15) is 4.79 Å². The molecule has 3 aromatic rings. The summed E-state index contributed by atoms with van der Waals surface area (Å²) in [6.45, 7) is 3.81. The summed E-state index contributed by atoms with van der Waals surface area (Å²) in [6, 6.07) is 13.0. The van der Waals surface area contributed by atoms with Gasteiger partial charge in [0.15, 0.2) is 5.76 Å². The van der Waals surface area contributed by atoms with Crippen LogP contribution in [0, 0.1) is 5.92 Å². The van der Waals surface area contributed by atoms with Gasteiger partial charge in [0, 0.05) is 24.7 Å². The smallest absolute Gasteiger partial charge is 0.254 e. The van der Waals surface area contributed by atoms with Crippen LogP contribution in [0.15, 0.2) is 53.1 Å². The summed E-state index contributed by atoms with van der Waals surface area (Å²) in [5.41, 5.74) is 2.08. The molecule has 0 unspecified atom stereocenters. The Morgan fingerprint density at radius 3 is 2.57 bits per heavy atom. The molecular weight excluding hydrogens is 380 g/mol. The molecule has 0 bridgehead atoms. The second-order valence-electron chi connectivity index (χ2n) is 7.62. The SMILES string of the molecule is COc1ccc(-c2cnc(-c3ccccc3C(=O)N3CCC(C)CC3)o2)c(OC)c1. The van der Waals surface area contributed by atoms with Gasteiger partial charge >= 0.3 is 0 Å². The highest BCUT2D eigenvalue weighted by atomic mass is 16.5. The van der Waals surface area contributed by atoms with Gasteiger partial charge in [-0.2, -0.15) is 0 Å². The number of likely N-dealkylation sites (tertiary alicyclic amines) is 1. The van der Waals surface area contributed by atoms with Crippen molar-refractivity contribution in [2.24, 2.45) is 5.92 Å². The topological polar surface area (TPSA) is 64.8 Å². The molecule has 1 aliphatic heterocycles. The molecule has 0 radical (unpaired) electrons. The number of hydrogen-bond acceptors (Lipinski definition) is 5. The number of ether oxygens (including phenoxy) is 2. The van der Waals surface area contributed by atoms with Crippen LogP contribution in [0.2, 0.25) is 0 Å². The molecule has 4 rings (SSSR count). The molecule has 30 heavy (non-hydrogen) atoms. The molecule has 1 amide bonds. The van der Waals surface area contributed by atoms with Gasteiger partial charge in [-0.1, -0.05) is 19.1 Å². The van der Waals surface area contributed by atoms with Crippen molar-refractivity contribution in [3.05, 3.63) is 54.2 Å². The number of methoxy groups -OCH3 is 2. The molecule has 2 aromatic carbocycles. The maximum Gasteiger partial charge on any atom is 0.254 e. The monoisotopic (exact) mass is 406 g/mol. The molecule has 0 spiro atoms. The van der Waals surface area contributed by atoms with E-state index in [1.807, 2.05) is 41.3 Å². The summed E-state index contributed by atoms with van der Waals surface area (Å²) < 4.78 is 16.8. The zero-order valence-electron chi connectivity index (χ0n) is 17.6. The van der Waals surface area contributed by atoms with E-state index >= 15 is 0 Å². The second kappa shape index (κ2) is 8.61. The summed E-state index contributed by atoms with van der Waals surface area (Å²) >= 11 is 0. The molecule has 0 atom stereocenters. The standard InChI is InChI=1S/C24H26N2O4/c1-16-10-12-26(13-11-16)24(27)19-7-5-4-6-18(19)23-25-15-22(30-23)20-9-8-17(28-2)14-21(20)29-3/h4-9,14-16H,10-13H2,1-3H3. The van der Waals surface area contributed by atoms with E-state index in [4.69, 9.17) is 13.9 Å². The van der Waals surface area contributed by atoms with Crippen LogP contribution in [0.4, 0.5) is 0 Å². The fourth-order valence-corrected chi connectivity index (χ4v) is 3.76. The van der Waals surface area contributed by atoms with Gasteiger partial charge < -0.3 is 18.8 Å². The summed E-state index contributed by atoms with van der Waals surface area (Å²) in [7, 11) is 3.21. The van der Waals surface area contributed by atoms with Crippen LogP contribution in [0.5, 0.6) is 11.5 Å². The Balaban J connectivity index is 1.66. The van der Waals surface area contributed by atoms with Gasteiger partial charge in [0.05, 0.1) is 31.5 Å². The van der Waals surface area contributed by atoms with Gasteiger partial charge in [-0.3, -0.25) is 4.79 Å². The summed E-state index contributed by atoms with van der Waals surface area (Å²) in [4.78, 5) is 19.6. The predicted octanol–water partition coefficient (Wildman–Crippen LogP) is 4.90. The lowest BCUT2D eigenvalue weighted by Crippen LogP contribution is -2.38. The van der Waals surface area contributed by atoms with Crippen LogP contribution < -0.4 is 9.47 Å². The number of carbonyl (C=O) groups is 1. The summed E-state index contributed by atoms with van der Waals surface area (Å²) in [5, 5.41) is 0. The Hall–Kier alpha value is -3.28. The average Bonchev–Trinajstić information content (AvgIpc) is 3.28. The molecule has 156 valence electrons. The molecule has 2 heterocycles. The summed E-state index contributed by atoms with van der Waals surface area (Å²) in [5.74, 6) is 3.00. The molecule has 0 aliphatic carbocycles. The first-order valence-corrected chi connectivity index (χ1v) is 10.2. The molecule has 6 heteroatoms.